The second-order valence-corrected chi connectivity index (χ2v) is 9.86. The molecule has 25 heavy (non-hydrogen) atoms. The van der Waals surface area contributed by atoms with Crippen LogP contribution < -0.4 is 0 Å². The Bertz CT molecular complexity index is 579. The van der Waals surface area contributed by atoms with Crippen molar-refractivity contribution in [3.8, 4) is 0 Å². The molecular formula is C23H36O2. The Morgan fingerprint density at radius 2 is 1.96 bits per heavy atom. The van der Waals surface area contributed by atoms with Crippen LogP contribution in [0, 0.1) is 34.5 Å². The lowest BCUT2D eigenvalue weighted by Gasteiger charge is -2.58. The van der Waals surface area contributed by atoms with Gasteiger partial charge in [-0.05, 0) is 93.8 Å². The van der Waals surface area contributed by atoms with Gasteiger partial charge in [-0.15, -0.1) is 0 Å². The second kappa shape index (κ2) is 6.22. The van der Waals surface area contributed by atoms with Gasteiger partial charge in [-0.3, -0.25) is 4.79 Å². The van der Waals surface area contributed by atoms with Crippen LogP contribution >= 0.6 is 0 Å². The molecule has 140 valence electrons. The van der Waals surface area contributed by atoms with Gasteiger partial charge >= 0.3 is 0 Å². The molecule has 0 amide bonds. The van der Waals surface area contributed by atoms with Gasteiger partial charge in [0.15, 0.2) is 0 Å². The van der Waals surface area contributed by atoms with Gasteiger partial charge in [0.25, 0.3) is 0 Å². The molecule has 4 aliphatic carbocycles. The van der Waals surface area contributed by atoms with Crippen LogP contribution in [0.3, 0.4) is 0 Å². The summed E-state index contributed by atoms with van der Waals surface area (Å²) in [6.45, 7) is 9.79. The Balaban J connectivity index is 1.60. The van der Waals surface area contributed by atoms with Crippen molar-refractivity contribution >= 4 is 5.78 Å². The highest BCUT2D eigenvalue weighted by molar-refractivity contribution is 5.79. The summed E-state index contributed by atoms with van der Waals surface area (Å²) in [5, 5.41) is 0. The molecule has 0 aromatic rings. The van der Waals surface area contributed by atoms with E-state index in [0.29, 0.717) is 23.2 Å². The lowest BCUT2D eigenvalue weighted by Crippen LogP contribution is -2.51. The van der Waals surface area contributed by atoms with Crippen molar-refractivity contribution in [1.82, 2.24) is 0 Å². The van der Waals surface area contributed by atoms with Crippen molar-refractivity contribution < 1.29 is 9.53 Å². The van der Waals surface area contributed by atoms with E-state index < -0.39 is 0 Å². The lowest BCUT2D eigenvalue weighted by molar-refractivity contribution is -0.127. The summed E-state index contributed by atoms with van der Waals surface area (Å²) in [5.41, 5.74) is 2.37. The highest BCUT2D eigenvalue weighted by Crippen LogP contribution is 2.66. The van der Waals surface area contributed by atoms with Crippen LogP contribution in [0.1, 0.15) is 79.1 Å². The van der Waals surface area contributed by atoms with Gasteiger partial charge in [0.1, 0.15) is 5.78 Å². The first-order valence-corrected chi connectivity index (χ1v) is 10.7. The number of ketones is 1. The van der Waals surface area contributed by atoms with E-state index >= 15 is 0 Å². The van der Waals surface area contributed by atoms with E-state index in [9.17, 15) is 4.79 Å². The van der Waals surface area contributed by atoms with E-state index in [-0.39, 0.29) is 5.41 Å². The third kappa shape index (κ3) is 2.58. The summed E-state index contributed by atoms with van der Waals surface area (Å²) in [5.74, 6) is 3.17. The molecule has 2 nitrogen and oxygen atoms in total. The van der Waals surface area contributed by atoms with Crippen LogP contribution in [0.25, 0.3) is 0 Å². The quantitative estimate of drug-likeness (QED) is 0.627. The number of carbonyl (C=O) groups excluding carboxylic acids is 1. The molecule has 0 aliphatic heterocycles. The summed E-state index contributed by atoms with van der Waals surface area (Å²) < 4.78 is 5.96. The number of hydrogen-bond acceptors (Lipinski definition) is 2. The number of hydrogen-bond donors (Lipinski definition) is 0. The number of ether oxygens (including phenoxy) is 1. The normalized spacial score (nSPS) is 49.0. The smallest absolute Gasteiger partial charge is 0.133 e. The van der Waals surface area contributed by atoms with Crippen molar-refractivity contribution in [2.75, 3.05) is 6.61 Å². The van der Waals surface area contributed by atoms with E-state index in [4.69, 9.17) is 4.74 Å². The molecule has 4 aliphatic rings. The number of fused-ring (bicyclic) bond motifs is 5. The molecule has 2 heteroatoms. The fraction of sp³-hybridized carbons (Fsp3) is 0.870. The summed E-state index contributed by atoms with van der Waals surface area (Å²) in [7, 11) is 0. The van der Waals surface area contributed by atoms with Crippen LogP contribution in [-0.2, 0) is 9.53 Å². The molecule has 0 heterocycles. The average Bonchev–Trinajstić information content (AvgIpc) is 2.93. The first-order chi connectivity index (χ1) is 11.9. The van der Waals surface area contributed by atoms with E-state index in [1.54, 1.807) is 5.57 Å². The molecule has 0 spiro atoms. The number of rotatable bonds is 3. The number of allylic oxidation sites excluding steroid dienone is 1. The molecule has 0 bridgehead atoms. The van der Waals surface area contributed by atoms with E-state index in [1.165, 1.54) is 38.5 Å². The second-order valence-electron chi connectivity index (χ2n) is 9.86. The molecule has 7 atom stereocenters. The van der Waals surface area contributed by atoms with Crippen LogP contribution in [-0.4, -0.2) is 18.5 Å². The summed E-state index contributed by atoms with van der Waals surface area (Å²) in [6.07, 6.45) is 13.0. The zero-order valence-electron chi connectivity index (χ0n) is 16.6. The predicted octanol–water partition coefficient (Wildman–Crippen LogP) is 5.56. The third-order valence-electron chi connectivity index (χ3n) is 8.95. The highest BCUT2D eigenvalue weighted by Gasteiger charge is 2.59. The Labute approximate surface area is 153 Å². The standard InChI is InChI=1S/C23H36O2/c1-5-25-17-10-12-22(3)16(14-17)6-7-18-20-9-8-19(15(2)24)23(20,4)13-11-21(18)22/h6,17-21H,5,7-14H2,1-4H3/t17?,18-,19+,20?,21?,22-,23+/m0/s1. The molecule has 0 aromatic heterocycles. The first kappa shape index (κ1) is 17.8. The van der Waals surface area contributed by atoms with Crippen molar-refractivity contribution in [3.63, 3.8) is 0 Å². The molecule has 3 fully saturated rings. The maximum absolute atomic E-state index is 12.2. The molecule has 0 saturated heterocycles. The summed E-state index contributed by atoms with van der Waals surface area (Å²) in [6, 6.07) is 0. The van der Waals surface area contributed by atoms with Gasteiger partial charge in [-0.2, -0.15) is 0 Å². The monoisotopic (exact) mass is 344 g/mol. The Kier molecular flexibility index (Phi) is 4.42. The topological polar surface area (TPSA) is 26.3 Å². The molecule has 0 N–H and O–H groups in total. The predicted molar refractivity (Wildman–Crippen MR) is 101 cm³/mol. The fourth-order valence-corrected chi connectivity index (χ4v) is 7.67. The molecule has 0 aromatic carbocycles. The van der Waals surface area contributed by atoms with Gasteiger partial charge in [-0.1, -0.05) is 25.5 Å². The third-order valence-corrected chi connectivity index (χ3v) is 8.95. The molecule has 0 radical (unpaired) electrons. The van der Waals surface area contributed by atoms with Gasteiger partial charge in [0, 0.05) is 12.5 Å². The fourth-order valence-electron chi connectivity index (χ4n) is 7.67. The van der Waals surface area contributed by atoms with Crippen LogP contribution in [0.4, 0.5) is 0 Å². The Morgan fingerprint density at radius 3 is 2.68 bits per heavy atom. The minimum absolute atomic E-state index is 0.275. The highest BCUT2D eigenvalue weighted by atomic mass is 16.5. The SMILES string of the molecule is CCOC1CC[C@@]2(C)C(=CC[C@@H]3C2CC[C@@]2(C)C3CC[C@@H]2C(C)=O)C1. The van der Waals surface area contributed by atoms with E-state index in [1.807, 2.05) is 6.92 Å². The minimum atomic E-state index is 0.275. The van der Waals surface area contributed by atoms with Crippen molar-refractivity contribution in [1.29, 1.82) is 0 Å². The lowest BCUT2D eigenvalue weighted by atomic mass is 9.47. The van der Waals surface area contributed by atoms with E-state index in [2.05, 4.69) is 26.8 Å². The van der Waals surface area contributed by atoms with Crippen molar-refractivity contribution in [2.24, 2.45) is 34.5 Å². The Hall–Kier alpha value is -0.630. The van der Waals surface area contributed by atoms with Crippen molar-refractivity contribution in [2.45, 2.75) is 85.2 Å². The summed E-state index contributed by atoms with van der Waals surface area (Å²) in [4.78, 5) is 12.2. The minimum Gasteiger partial charge on any atom is -0.378 e. The van der Waals surface area contributed by atoms with Gasteiger partial charge in [0.2, 0.25) is 0 Å². The van der Waals surface area contributed by atoms with Gasteiger partial charge in [0.05, 0.1) is 6.10 Å². The van der Waals surface area contributed by atoms with Crippen LogP contribution in [0.5, 0.6) is 0 Å². The molecular weight excluding hydrogens is 308 g/mol. The molecule has 3 saturated carbocycles. The largest absolute Gasteiger partial charge is 0.378 e. The Morgan fingerprint density at radius 1 is 1.16 bits per heavy atom. The zero-order valence-corrected chi connectivity index (χ0v) is 16.6. The van der Waals surface area contributed by atoms with Gasteiger partial charge in [-0.25, -0.2) is 0 Å². The van der Waals surface area contributed by atoms with Crippen LogP contribution in [0.15, 0.2) is 11.6 Å². The maximum Gasteiger partial charge on any atom is 0.133 e. The van der Waals surface area contributed by atoms with E-state index in [0.717, 1.165) is 37.2 Å². The first-order valence-electron chi connectivity index (χ1n) is 10.7. The zero-order chi connectivity index (χ0) is 17.8. The molecule has 3 unspecified atom stereocenters. The van der Waals surface area contributed by atoms with Crippen LogP contribution in [0.2, 0.25) is 0 Å². The average molecular weight is 345 g/mol. The molecule has 4 rings (SSSR count). The van der Waals surface area contributed by atoms with Crippen molar-refractivity contribution in [3.05, 3.63) is 11.6 Å². The maximum atomic E-state index is 12.2. The number of carbonyl (C=O) groups is 1. The van der Waals surface area contributed by atoms with Gasteiger partial charge < -0.3 is 4.74 Å². The number of Topliss-reactive ketones (excluding diaryl/α,β-unsaturated/α-hetero) is 1. The summed E-state index contributed by atoms with van der Waals surface area (Å²) >= 11 is 0.